The van der Waals surface area contributed by atoms with E-state index in [4.69, 9.17) is 21.1 Å². The van der Waals surface area contributed by atoms with Gasteiger partial charge in [-0.05, 0) is 45.9 Å². The Hall–Kier alpha value is -2.63. The summed E-state index contributed by atoms with van der Waals surface area (Å²) in [5.41, 5.74) is 0.519. The van der Waals surface area contributed by atoms with E-state index in [1.54, 1.807) is 26.0 Å². The van der Waals surface area contributed by atoms with Crippen LogP contribution < -0.4 is 10.1 Å². The molecule has 0 spiro atoms. The zero-order chi connectivity index (χ0) is 24.0. The number of amides is 1. The highest BCUT2D eigenvalue weighted by atomic mass is 35.5. The van der Waals surface area contributed by atoms with Crippen LogP contribution in [0.15, 0.2) is 29.4 Å². The Kier molecular flexibility index (Phi) is 8.70. The molecule has 2 aromatic heterocycles. The highest BCUT2D eigenvalue weighted by Crippen LogP contribution is 2.27. The summed E-state index contributed by atoms with van der Waals surface area (Å²) in [6.45, 7) is 8.17. The lowest BCUT2D eigenvalue weighted by atomic mass is 10.3. The number of hydrogen-bond acceptors (Lipinski definition) is 9. The first-order valence-corrected chi connectivity index (χ1v) is 12.4. The number of nitrogens with zero attached hydrogens (tertiary/aromatic N) is 4. The molecule has 9 nitrogen and oxygen atoms in total. The molecule has 1 atom stereocenters. The van der Waals surface area contributed by atoms with Gasteiger partial charge in [-0.3, -0.25) is 4.79 Å². The van der Waals surface area contributed by atoms with Crippen LogP contribution in [0.2, 0.25) is 5.02 Å². The van der Waals surface area contributed by atoms with E-state index in [1.165, 1.54) is 11.8 Å². The summed E-state index contributed by atoms with van der Waals surface area (Å²) in [4.78, 5) is 29.0. The summed E-state index contributed by atoms with van der Waals surface area (Å²) in [7, 11) is 0. The van der Waals surface area contributed by atoms with E-state index in [2.05, 4.69) is 20.5 Å². The molecule has 1 N–H and O–H groups in total. The molecule has 0 fully saturated rings. The molecule has 0 saturated carbocycles. The second-order valence-corrected chi connectivity index (χ2v) is 9.17. The van der Waals surface area contributed by atoms with Gasteiger partial charge in [0.25, 0.3) is 0 Å². The second-order valence-electron chi connectivity index (χ2n) is 6.79. The number of anilines is 1. The fourth-order valence-corrected chi connectivity index (χ4v) is 4.79. The number of ether oxygens (including phenoxy) is 2. The third kappa shape index (κ3) is 6.46. The fraction of sp³-hybridized carbons (Fsp3) is 0.381. The van der Waals surface area contributed by atoms with Crippen molar-refractivity contribution in [2.24, 2.45) is 0 Å². The molecule has 1 unspecified atom stereocenters. The number of benzene rings is 1. The van der Waals surface area contributed by atoms with Gasteiger partial charge in [-0.2, -0.15) is 0 Å². The van der Waals surface area contributed by atoms with Gasteiger partial charge in [-0.25, -0.2) is 9.78 Å². The SMILES string of the molecule is CCOC(=O)c1sc(NC(=O)CSc2nnc(C(C)Oc3cccc(Cl)c3)n2CC)nc1C. The summed E-state index contributed by atoms with van der Waals surface area (Å²) < 4.78 is 12.9. The lowest BCUT2D eigenvalue weighted by molar-refractivity contribution is -0.113. The molecule has 0 aliphatic rings. The molecule has 33 heavy (non-hydrogen) atoms. The zero-order valence-electron chi connectivity index (χ0n) is 18.6. The minimum absolute atomic E-state index is 0.106. The van der Waals surface area contributed by atoms with E-state index in [9.17, 15) is 9.59 Å². The highest BCUT2D eigenvalue weighted by Gasteiger charge is 2.21. The van der Waals surface area contributed by atoms with Gasteiger partial charge in [0.15, 0.2) is 22.2 Å². The Balaban J connectivity index is 1.61. The quantitative estimate of drug-likeness (QED) is 0.307. The number of carbonyl (C=O) groups is 2. The molecule has 3 aromatic rings. The molecule has 0 radical (unpaired) electrons. The van der Waals surface area contributed by atoms with E-state index >= 15 is 0 Å². The number of esters is 1. The third-order valence-electron chi connectivity index (χ3n) is 4.37. The Morgan fingerprint density at radius 3 is 2.79 bits per heavy atom. The molecule has 3 rings (SSSR count). The Morgan fingerprint density at radius 1 is 1.30 bits per heavy atom. The first-order chi connectivity index (χ1) is 15.8. The van der Waals surface area contributed by atoms with Crippen LogP contribution in [0.25, 0.3) is 0 Å². The van der Waals surface area contributed by atoms with Gasteiger partial charge in [0.2, 0.25) is 5.91 Å². The van der Waals surface area contributed by atoms with Crippen LogP contribution in [0.5, 0.6) is 5.75 Å². The molecule has 1 aromatic carbocycles. The van der Waals surface area contributed by atoms with Crippen molar-refractivity contribution in [1.29, 1.82) is 0 Å². The van der Waals surface area contributed by atoms with E-state index in [0.717, 1.165) is 11.3 Å². The summed E-state index contributed by atoms with van der Waals surface area (Å²) >= 11 is 8.37. The van der Waals surface area contributed by atoms with Crippen molar-refractivity contribution in [1.82, 2.24) is 19.7 Å². The standard InChI is InChI=1S/C21H24ClN5O4S2/c1-5-27-18(13(4)31-15-9-7-8-14(22)10-15)25-26-21(27)32-11-16(28)24-20-23-12(3)17(33-20)19(29)30-6-2/h7-10,13H,5-6,11H2,1-4H3,(H,23,24,28). The summed E-state index contributed by atoms with van der Waals surface area (Å²) in [5, 5.41) is 12.7. The van der Waals surface area contributed by atoms with Gasteiger partial charge < -0.3 is 19.4 Å². The van der Waals surface area contributed by atoms with E-state index < -0.39 is 5.97 Å². The molecule has 0 saturated heterocycles. The Bertz CT molecular complexity index is 1130. The first kappa shape index (κ1) is 25.0. The van der Waals surface area contributed by atoms with Crippen molar-refractivity contribution >= 4 is 51.7 Å². The number of rotatable bonds is 10. The number of carbonyl (C=O) groups excluding carboxylic acids is 2. The van der Waals surface area contributed by atoms with Crippen molar-refractivity contribution in [3.63, 3.8) is 0 Å². The minimum atomic E-state index is -0.444. The van der Waals surface area contributed by atoms with Gasteiger partial charge in [0.05, 0.1) is 18.1 Å². The minimum Gasteiger partial charge on any atom is -0.483 e. The van der Waals surface area contributed by atoms with E-state index in [-0.39, 0.29) is 24.4 Å². The second kappa shape index (κ2) is 11.5. The van der Waals surface area contributed by atoms with Gasteiger partial charge in [0.1, 0.15) is 10.6 Å². The lowest BCUT2D eigenvalue weighted by Crippen LogP contribution is -2.15. The summed E-state index contributed by atoms with van der Waals surface area (Å²) in [6.07, 6.45) is -0.362. The smallest absolute Gasteiger partial charge is 0.350 e. The maximum Gasteiger partial charge on any atom is 0.350 e. The average molecular weight is 510 g/mol. The Labute approximate surface area is 204 Å². The van der Waals surface area contributed by atoms with Crippen LogP contribution in [-0.4, -0.2) is 44.0 Å². The molecule has 12 heteroatoms. The number of thioether (sulfide) groups is 1. The first-order valence-electron chi connectivity index (χ1n) is 10.2. The van der Waals surface area contributed by atoms with Gasteiger partial charge in [0, 0.05) is 11.6 Å². The number of thiazole rings is 1. The average Bonchev–Trinajstić information content (AvgIpc) is 3.35. The highest BCUT2D eigenvalue weighted by molar-refractivity contribution is 7.99. The predicted molar refractivity (Wildman–Crippen MR) is 128 cm³/mol. The lowest BCUT2D eigenvalue weighted by Gasteiger charge is -2.15. The van der Waals surface area contributed by atoms with Crippen molar-refractivity contribution in [2.45, 2.75) is 45.5 Å². The molecule has 1 amide bonds. The molecule has 176 valence electrons. The number of halogens is 1. The summed E-state index contributed by atoms with van der Waals surface area (Å²) in [5.74, 6) is 0.680. The van der Waals surface area contributed by atoms with Crippen LogP contribution in [0.3, 0.4) is 0 Å². The predicted octanol–water partition coefficient (Wildman–Crippen LogP) is 4.76. The van der Waals surface area contributed by atoms with Crippen molar-refractivity contribution in [3.05, 3.63) is 45.7 Å². The number of aromatic nitrogens is 4. The van der Waals surface area contributed by atoms with Crippen molar-refractivity contribution in [2.75, 3.05) is 17.7 Å². The molecule has 0 aliphatic carbocycles. The van der Waals surface area contributed by atoms with Crippen LogP contribution >= 0.6 is 34.7 Å². The third-order valence-corrected chi connectivity index (χ3v) is 6.63. The molecule has 0 aliphatic heterocycles. The van der Waals surface area contributed by atoms with Crippen LogP contribution in [-0.2, 0) is 16.1 Å². The fourth-order valence-electron chi connectivity index (χ4n) is 2.92. The van der Waals surface area contributed by atoms with Gasteiger partial charge in [-0.15, -0.1) is 10.2 Å². The van der Waals surface area contributed by atoms with Crippen LogP contribution in [0, 0.1) is 6.92 Å². The van der Waals surface area contributed by atoms with E-state index in [1.807, 2.05) is 30.5 Å². The number of aryl methyl sites for hydroxylation is 1. The summed E-state index contributed by atoms with van der Waals surface area (Å²) in [6, 6.07) is 7.15. The maximum atomic E-state index is 12.4. The normalized spacial score (nSPS) is 11.8. The van der Waals surface area contributed by atoms with Crippen LogP contribution in [0.1, 0.15) is 48.1 Å². The largest absolute Gasteiger partial charge is 0.483 e. The number of nitrogens with one attached hydrogen (secondary N) is 1. The van der Waals surface area contributed by atoms with Gasteiger partial charge in [-0.1, -0.05) is 40.8 Å². The molecule has 0 bridgehead atoms. The molecular weight excluding hydrogens is 486 g/mol. The molecular formula is C21H24ClN5O4S2. The van der Waals surface area contributed by atoms with Gasteiger partial charge >= 0.3 is 5.97 Å². The monoisotopic (exact) mass is 509 g/mol. The van der Waals surface area contributed by atoms with Crippen molar-refractivity contribution in [3.8, 4) is 5.75 Å². The number of hydrogen-bond donors (Lipinski definition) is 1. The molecule has 2 heterocycles. The van der Waals surface area contributed by atoms with Crippen molar-refractivity contribution < 1.29 is 19.1 Å². The van der Waals surface area contributed by atoms with Crippen LogP contribution in [0.4, 0.5) is 5.13 Å². The van der Waals surface area contributed by atoms with E-state index in [0.29, 0.717) is 44.0 Å². The maximum absolute atomic E-state index is 12.4. The topological polar surface area (TPSA) is 108 Å². The Morgan fingerprint density at radius 2 is 2.09 bits per heavy atom. The zero-order valence-corrected chi connectivity index (χ0v) is 21.0.